The van der Waals surface area contributed by atoms with Gasteiger partial charge in [0.25, 0.3) is 0 Å². The Balaban J connectivity index is 0. The smallest absolute Gasteiger partial charge is 0.0225 e. The highest BCUT2D eigenvalue weighted by molar-refractivity contribution is 6.17. The molecule has 0 saturated heterocycles. The fourth-order valence-corrected chi connectivity index (χ4v) is 0.655. The Morgan fingerprint density at radius 1 is 1.43 bits per heavy atom. The summed E-state index contributed by atoms with van der Waals surface area (Å²) in [6.07, 6.45) is 1.14. The summed E-state index contributed by atoms with van der Waals surface area (Å²) in [5.74, 6) is 1.57. The van der Waals surface area contributed by atoms with Crippen LogP contribution in [0, 0.1) is 5.92 Å². The maximum absolute atomic E-state index is 5.40. The van der Waals surface area contributed by atoms with Crippen molar-refractivity contribution in [2.24, 2.45) is 5.92 Å². The third-order valence-electron chi connectivity index (χ3n) is 0.686. The van der Waals surface area contributed by atoms with Gasteiger partial charge in [-0.05, 0) is 12.3 Å². The van der Waals surface area contributed by atoms with Gasteiger partial charge in [0.15, 0.2) is 0 Å². The van der Waals surface area contributed by atoms with Crippen molar-refractivity contribution in [3.63, 3.8) is 0 Å². The molecule has 0 N–H and O–H groups in total. The van der Waals surface area contributed by atoms with Crippen molar-refractivity contribution >= 4 is 11.6 Å². The van der Waals surface area contributed by atoms with Crippen LogP contribution in [0.4, 0.5) is 4.70 Å². The van der Waals surface area contributed by atoms with Crippen LogP contribution in [-0.4, -0.2) is 5.88 Å². The average Bonchev–Trinajstić information content (AvgIpc) is 1.35. The van der Waals surface area contributed by atoms with Crippen molar-refractivity contribution in [2.75, 3.05) is 5.88 Å². The number of alkyl halides is 1. The van der Waals surface area contributed by atoms with E-state index in [2.05, 4.69) is 13.8 Å². The highest BCUT2D eigenvalue weighted by Crippen LogP contribution is 1.98. The van der Waals surface area contributed by atoms with Crippen molar-refractivity contribution in [3.05, 3.63) is 0 Å². The van der Waals surface area contributed by atoms with Crippen LogP contribution in [0.15, 0.2) is 0 Å². The Labute approximate surface area is 49.2 Å². The summed E-state index contributed by atoms with van der Waals surface area (Å²) in [5, 5.41) is 0. The molecule has 2 heteroatoms. The minimum atomic E-state index is 0. The molecule has 0 amide bonds. The lowest BCUT2D eigenvalue weighted by Gasteiger charge is -1.94. The molecule has 0 saturated carbocycles. The highest BCUT2D eigenvalue weighted by Gasteiger charge is 1.86. The van der Waals surface area contributed by atoms with Gasteiger partial charge in [0.1, 0.15) is 0 Å². The molecule has 0 aliphatic rings. The summed E-state index contributed by atoms with van der Waals surface area (Å²) in [7, 11) is 0. The van der Waals surface area contributed by atoms with Gasteiger partial charge in [-0.2, -0.15) is 0 Å². The van der Waals surface area contributed by atoms with Crippen LogP contribution in [0.3, 0.4) is 0 Å². The van der Waals surface area contributed by atoms with E-state index in [0.29, 0.717) is 0 Å². The first-order valence-electron chi connectivity index (χ1n) is 2.33. The summed E-state index contributed by atoms with van der Waals surface area (Å²) in [6.45, 7) is 4.34. The summed E-state index contributed by atoms with van der Waals surface area (Å²) in [4.78, 5) is 0. The van der Waals surface area contributed by atoms with Crippen molar-refractivity contribution in [3.8, 4) is 0 Å². The van der Waals surface area contributed by atoms with Crippen molar-refractivity contribution in [1.29, 1.82) is 0 Å². The van der Waals surface area contributed by atoms with Crippen molar-refractivity contribution in [1.82, 2.24) is 0 Å². The Kier molecular flexibility index (Phi) is 9.11. The molecule has 0 aliphatic carbocycles. The monoisotopic (exact) mass is 126 g/mol. The van der Waals surface area contributed by atoms with E-state index in [1.165, 1.54) is 0 Å². The third-order valence-corrected chi connectivity index (χ3v) is 0.905. The zero-order valence-corrected chi connectivity index (χ0v) is 5.53. The standard InChI is InChI=1S/C5H11Cl.FH/c1-5(2)3-4-6;/h5H,3-4H2,1-2H3;1H. The zero-order chi connectivity index (χ0) is 4.99. The Morgan fingerprint density at radius 2 is 1.86 bits per heavy atom. The average molecular weight is 127 g/mol. The molecule has 0 aromatic rings. The Hall–Kier alpha value is 0.220. The van der Waals surface area contributed by atoms with Crippen LogP contribution in [0.5, 0.6) is 0 Å². The number of hydrogen-bond donors (Lipinski definition) is 0. The molecular formula is C5H12ClF. The molecule has 0 aromatic carbocycles. The molecule has 0 unspecified atom stereocenters. The summed E-state index contributed by atoms with van der Waals surface area (Å²) in [5.41, 5.74) is 0. The first-order chi connectivity index (χ1) is 2.77. The fourth-order valence-electron chi connectivity index (χ4n) is 0.218. The molecule has 0 spiro atoms. The van der Waals surface area contributed by atoms with E-state index in [-0.39, 0.29) is 4.70 Å². The van der Waals surface area contributed by atoms with E-state index in [0.717, 1.165) is 18.2 Å². The Bertz CT molecular complexity index is 29.3. The molecular weight excluding hydrogens is 115 g/mol. The van der Waals surface area contributed by atoms with Gasteiger partial charge in [0.05, 0.1) is 0 Å². The van der Waals surface area contributed by atoms with Crippen LogP contribution >= 0.6 is 11.6 Å². The van der Waals surface area contributed by atoms with Crippen LogP contribution in [0.25, 0.3) is 0 Å². The van der Waals surface area contributed by atoms with Gasteiger partial charge >= 0.3 is 0 Å². The maximum atomic E-state index is 5.40. The van der Waals surface area contributed by atoms with E-state index < -0.39 is 0 Å². The molecule has 0 atom stereocenters. The molecule has 0 fully saturated rings. The second-order valence-corrected chi connectivity index (χ2v) is 2.25. The molecule has 0 rings (SSSR count). The lowest BCUT2D eigenvalue weighted by molar-refractivity contribution is 0.630. The van der Waals surface area contributed by atoms with Crippen molar-refractivity contribution in [2.45, 2.75) is 20.3 Å². The quantitative estimate of drug-likeness (QED) is 0.499. The number of halogens is 2. The largest absolute Gasteiger partial charge is 0.269 e. The molecule has 0 aliphatic heterocycles. The maximum Gasteiger partial charge on any atom is 0.0225 e. The van der Waals surface area contributed by atoms with Crippen LogP contribution in [0.2, 0.25) is 0 Å². The molecule has 0 heterocycles. The second kappa shape index (κ2) is 6.22. The molecule has 0 bridgehead atoms. The predicted octanol–water partition coefficient (Wildman–Crippen LogP) is 2.42. The number of hydrogen-bond acceptors (Lipinski definition) is 0. The van der Waals surface area contributed by atoms with E-state index in [9.17, 15) is 0 Å². The third kappa shape index (κ3) is 10.7. The Morgan fingerprint density at radius 3 is 1.86 bits per heavy atom. The molecule has 0 nitrogen and oxygen atoms in total. The van der Waals surface area contributed by atoms with Gasteiger partial charge in [-0.15, -0.1) is 11.6 Å². The minimum absolute atomic E-state index is 0. The highest BCUT2D eigenvalue weighted by atomic mass is 35.5. The molecule has 0 aromatic heterocycles. The summed E-state index contributed by atoms with van der Waals surface area (Å²) < 4.78 is 0. The first kappa shape index (κ1) is 10.3. The minimum Gasteiger partial charge on any atom is -0.269 e. The van der Waals surface area contributed by atoms with Crippen LogP contribution in [-0.2, 0) is 0 Å². The predicted molar refractivity (Wildman–Crippen MR) is 32.7 cm³/mol. The van der Waals surface area contributed by atoms with E-state index >= 15 is 0 Å². The molecule has 7 heavy (non-hydrogen) atoms. The lowest BCUT2D eigenvalue weighted by atomic mass is 10.2. The van der Waals surface area contributed by atoms with Crippen LogP contribution < -0.4 is 0 Å². The fraction of sp³-hybridized carbons (Fsp3) is 1.00. The van der Waals surface area contributed by atoms with Gasteiger partial charge in [-0.25, -0.2) is 0 Å². The molecule has 46 valence electrons. The van der Waals surface area contributed by atoms with Gasteiger partial charge in [0, 0.05) is 5.88 Å². The number of rotatable bonds is 2. The van der Waals surface area contributed by atoms with Gasteiger partial charge < -0.3 is 0 Å². The van der Waals surface area contributed by atoms with Gasteiger partial charge in [0.2, 0.25) is 0 Å². The SMILES string of the molecule is CC(C)CCCl.F. The second-order valence-electron chi connectivity index (χ2n) is 1.87. The van der Waals surface area contributed by atoms with E-state index in [1.807, 2.05) is 0 Å². The van der Waals surface area contributed by atoms with Crippen molar-refractivity contribution < 1.29 is 4.70 Å². The molecule has 0 radical (unpaired) electrons. The first-order valence-corrected chi connectivity index (χ1v) is 2.86. The summed E-state index contributed by atoms with van der Waals surface area (Å²) in [6, 6.07) is 0. The zero-order valence-electron chi connectivity index (χ0n) is 4.78. The normalized spacial score (nSPS) is 8.57. The van der Waals surface area contributed by atoms with Gasteiger partial charge in [-0.3, -0.25) is 4.70 Å². The van der Waals surface area contributed by atoms with E-state index in [1.54, 1.807) is 0 Å². The van der Waals surface area contributed by atoms with Crippen LogP contribution in [0.1, 0.15) is 20.3 Å². The van der Waals surface area contributed by atoms with E-state index in [4.69, 9.17) is 11.6 Å². The summed E-state index contributed by atoms with van der Waals surface area (Å²) >= 11 is 5.40. The lowest BCUT2D eigenvalue weighted by Crippen LogP contribution is -1.85. The topological polar surface area (TPSA) is 0 Å². The van der Waals surface area contributed by atoms with Gasteiger partial charge in [-0.1, -0.05) is 13.8 Å².